The number of hydrogen-bond acceptors (Lipinski definition) is 5. The number of nitrogens with zero attached hydrogens (tertiary/aromatic N) is 4. The number of quaternary nitrogens is 1. The van der Waals surface area contributed by atoms with Crippen molar-refractivity contribution in [3.63, 3.8) is 0 Å². The maximum absolute atomic E-state index is 12.2. The van der Waals surface area contributed by atoms with E-state index in [1.807, 2.05) is 18.2 Å². The fourth-order valence-corrected chi connectivity index (χ4v) is 3.84. The highest BCUT2D eigenvalue weighted by Gasteiger charge is 2.28. The summed E-state index contributed by atoms with van der Waals surface area (Å²) in [5, 5.41) is 4.49. The van der Waals surface area contributed by atoms with Crippen LogP contribution in [0.4, 0.5) is 5.69 Å². The number of allylic oxidation sites excluding steroid dienone is 2. The molecule has 0 N–H and O–H groups in total. The van der Waals surface area contributed by atoms with Crippen LogP contribution in [-0.2, 0) is 9.59 Å². The van der Waals surface area contributed by atoms with Crippen LogP contribution in [0.3, 0.4) is 0 Å². The van der Waals surface area contributed by atoms with Crippen molar-refractivity contribution >= 4 is 40.1 Å². The summed E-state index contributed by atoms with van der Waals surface area (Å²) in [6.45, 7) is 3.73. The van der Waals surface area contributed by atoms with Gasteiger partial charge in [-0.3, -0.25) is 9.59 Å². The van der Waals surface area contributed by atoms with Crippen molar-refractivity contribution in [1.29, 1.82) is 0 Å². The molecule has 0 bridgehead atoms. The smallest absolute Gasteiger partial charge is 0.260 e. The van der Waals surface area contributed by atoms with Gasteiger partial charge in [0.1, 0.15) is 18.9 Å². The van der Waals surface area contributed by atoms with Crippen LogP contribution in [0.1, 0.15) is 19.3 Å². The summed E-state index contributed by atoms with van der Waals surface area (Å²) >= 11 is 5.92. The number of fused-ring (bicyclic) bond motifs is 1. The van der Waals surface area contributed by atoms with Gasteiger partial charge in [0.25, 0.3) is 5.88 Å². The molecule has 7 nitrogen and oxygen atoms in total. The lowest BCUT2D eigenvalue weighted by Crippen LogP contribution is -2.43. The Morgan fingerprint density at radius 3 is 2.82 bits per heavy atom. The second-order valence-electron chi connectivity index (χ2n) is 7.54. The van der Waals surface area contributed by atoms with E-state index in [0.29, 0.717) is 18.2 Å². The Hall–Kier alpha value is -2.51. The van der Waals surface area contributed by atoms with Crippen LogP contribution >= 0.6 is 11.6 Å². The van der Waals surface area contributed by atoms with Crippen LogP contribution in [0, 0.1) is 0 Å². The molecule has 2 aromatic heterocycles. The molecule has 146 valence electrons. The Morgan fingerprint density at radius 2 is 2.04 bits per heavy atom. The highest BCUT2D eigenvalue weighted by atomic mass is 35.5. The standard InChI is InChI=1S/C20H22ClN4O3/c1-25(8-4-5-9-25)10-11-28-20-19(16-6-2-3-7-24(16)23-20)22-15-12-14(21)17(26)13-18(15)27/h2-3,6-7,12H,4-5,8-11,13H2,1H3/q+1. The third-order valence-electron chi connectivity index (χ3n) is 5.37. The molecule has 0 atom stereocenters. The number of halogens is 1. The van der Waals surface area contributed by atoms with Crippen molar-refractivity contribution in [2.24, 2.45) is 4.99 Å². The molecule has 0 radical (unpaired) electrons. The molecule has 8 heteroatoms. The average Bonchev–Trinajstić information content (AvgIpc) is 3.24. The largest absolute Gasteiger partial charge is 0.469 e. The number of aliphatic imine (C=N–C) groups is 1. The minimum atomic E-state index is -0.385. The van der Waals surface area contributed by atoms with E-state index < -0.39 is 0 Å². The van der Waals surface area contributed by atoms with Crippen LogP contribution in [0.15, 0.2) is 40.5 Å². The fraction of sp³-hybridized carbons (Fsp3) is 0.400. The number of carbonyl (C=O) groups excluding carboxylic acids is 2. The number of likely N-dealkylation sites (N-methyl/N-ethyl adjacent to an activating group) is 1. The van der Waals surface area contributed by atoms with E-state index >= 15 is 0 Å². The number of carbonyl (C=O) groups is 2. The van der Waals surface area contributed by atoms with Crippen molar-refractivity contribution in [2.75, 3.05) is 33.3 Å². The zero-order valence-electron chi connectivity index (χ0n) is 15.7. The molecule has 0 spiro atoms. The quantitative estimate of drug-likeness (QED) is 0.570. The molecule has 0 saturated carbocycles. The summed E-state index contributed by atoms with van der Waals surface area (Å²) in [6, 6.07) is 5.59. The summed E-state index contributed by atoms with van der Waals surface area (Å²) in [4.78, 5) is 28.3. The average molecular weight is 402 g/mol. The molecule has 1 fully saturated rings. The van der Waals surface area contributed by atoms with E-state index in [0.717, 1.165) is 29.6 Å². The van der Waals surface area contributed by atoms with Crippen molar-refractivity contribution < 1.29 is 18.8 Å². The number of pyridine rings is 1. The molecular weight excluding hydrogens is 380 g/mol. The van der Waals surface area contributed by atoms with Gasteiger partial charge in [-0.1, -0.05) is 17.7 Å². The van der Waals surface area contributed by atoms with Gasteiger partial charge in [-0.25, -0.2) is 9.51 Å². The lowest BCUT2D eigenvalue weighted by atomic mass is 10.0. The van der Waals surface area contributed by atoms with E-state index in [4.69, 9.17) is 16.3 Å². The summed E-state index contributed by atoms with van der Waals surface area (Å²) in [5.74, 6) is -0.367. The molecule has 2 aliphatic rings. The molecule has 0 amide bonds. The predicted octanol–water partition coefficient (Wildman–Crippen LogP) is 2.69. The van der Waals surface area contributed by atoms with E-state index in [-0.39, 0.29) is 28.7 Å². The molecule has 28 heavy (non-hydrogen) atoms. The Bertz CT molecular complexity index is 1000. The van der Waals surface area contributed by atoms with Crippen LogP contribution in [0.5, 0.6) is 5.88 Å². The van der Waals surface area contributed by atoms with Gasteiger partial charge in [0.15, 0.2) is 17.3 Å². The van der Waals surface area contributed by atoms with E-state index in [9.17, 15) is 9.59 Å². The number of aromatic nitrogens is 2. The molecule has 1 aliphatic carbocycles. The number of hydrogen-bond donors (Lipinski definition) is 0. The van der Waals surface area contributed by atoms with E-state index in [1.165, 1.54) is 18.9 Å². The second-order valence-corrected chi connectivity index (χ2v) is 7.95. The van der Waals surface area contributed by atoms with E-state index in [2.05, 4.69) is 17.1 Å². The van der Waals surface area contributed by atoms with Crippen LogP contribution < -0.4 is 4.74 Å². The maximum atomic E-state index is 12.2. The zero-order chi connectivity index (χ0) is 19.7. The third-order valence-corrected chi connectivity index (χ3v) is 5.69. The lowest BCUT2D eigenvalue weighted by molar-refractivity contribution is -0.897. The van der Waals surface area contributed by atoms with Gasteiger partial charge in [-0.05, 0) is 18.2 Å². The molecule has 0 aromatic carbocycles. The summed E-state index contributed by atoms with van der Waals surface area (Å²) in [5.41, 5.74) is 1.34. The van der Waals surface area contributed by atoms with Crippen LogP contribution in [0.2, 0.25) is 0 Å². The van der Waals surface area contributed by atoms with Gasteiger partial charge in [0, 0.05) is 19.0 Å². The third kappa shape index (κ3) is 3.72. The number of likely N-dealkylation sites (tertiary alicyclic amines) is 1. The van der Waals surface area contributed by atoms with Crippen molar-refractivity contribution in [3.8, 4) is 5.88 Å². The van der Waals surface area contributed by atoms with Gasteiger partial charge in [0.05, 0.1) is 37.1 Å². The zero-order valence-corrected chi connectivity index (χ0v) is 16.5. The number of rotatable bonds is 5. The van der Waals surface area contributed by atoms with Gasteiger partial charge < -0.3 is 9.22 Å². The maximum Gasteiger partial charge on any atom is 0.260 e. The Kier molecular flexibility index (Phi) is 5.03. The van der Waals surface area contributed by atoms with Gasteiger partial charge in [-0.15, -0.1) is 5.10 Å². The van der Waals surface area contributed by atoms with Gasteiger partial charge in [-0.2, -0.15) is 0 Å². The highest BCUT2D eigenvalue weighted by molar-refractivity contribution is 6.57. The van der Waals surface area contributed by atoms with Crippen molar-refractivity contribution in [2.45, 2.75) is 19.3 Å². The van der Waals surface area contributed by atoms with Crippen LogP contribution in [0.25, 0.3) is 5.52 Å². The first-order chi connectivity index (χ1) is 13.5. The van der Waals surface area contributed by atoms with E-state index in [1.54, 1.807) is 10.7 Å². The van der Waals surface area contributed by atoms with Crippen molar-refractivity contribution in [3.05, 3.63) is 35.5 Å². The molecule has 1 saturated heterocycles. The van der Waals surface area contributed by atoms with Crippen molar-refractivity contribution in [1.82, 2.24) is 9.61 Å². The first-order valence-electron chi connectivity index (χ1n) is 9.41. The normalized spacial score (nSPS) is 20.8. The molecule has 0 unspecified atom stereocenters. The minimum absolute atomic E-state index is 0.0174. The highest BCUT2D eigenvalue weighted by Crippen LogP contribution is 2.33. The summed E-state index contributed by atoms with van der Waals surface area (Å²) < 4.78 is 8.65. The molecule has 2 aromatic rings. The predicted molar refractivity (Wildman–Crippen MR) is 106 cm³/mol. The molecule has 3 heterocycles. The first-order valence-corrected chi connectivity index (χ1v) is 9.79. The molecule has 1 aliphatic heterocycles. The Morgan fingerprint density at radius 1 is 1.25 bits per heavy atom. The van der Waals surface area contributed by atoms with Gasteiger partial charge in [0.2, 0.25) is 0 Å². The first kappa shape index (κ1) is 18.8. The Labute approximate surface area is 167 Å². The number of ether oxygens (including phenoxy) is 1. The SMILES string of the molecule is C[N+]1(CCOc2nn3ccccc3c2N=C2C=C(Cl)C(=O)CC2=O)CCCC1. The second kappa shape index (κ2) is 7.48. The Balaban J connectivity index is 1.65. The molecule has 4 rings (SSSR count). The van der Waals surface area contributed by atoms with Gasteiger partial charge >= 0.3 is 0 Å². The monoisotopic (exact) mass is 401 g/mol. The summed E-state index contributed by atoms with van der Waals surface area (Å²) in [6.07, 6.45) is 5.35. The number of Topliss-reactive ketones (excluding diaryl/α,β-unsaturated/α-hetero) is 2. The van der Waals surface area contributed by atoms with Crippen LogP contribution in [-0.4, -0.2) is 64.7 Å². The minimum Gasteiger partial charge on any atom is -0.469 e. The topological polar surface area (TPSA) is 73.0 Å². The fourth-order valence-electron chi connectivity index (χ4n) is 3.67. The summed E-state index contributed by atoms with van der Waals surface area (Å²) in [7, 11) is 2.24. The number of ketones is 2. The molecular formula is C20H22ClN4O3+. The lowest BCUT2D eigenvalue weighted by Gasteiger charge is -2.28.